The highest BCUT2D eigenvalue weighted by atomic mass is 32.2. The summed E-state index contributed by atoms with van der Waals surface area (Å²) in [7, 11) is 1.63. The smallest absolute Gasteiger partial charge is 0.192 e. The van der Waals surface area contributed by atoms with E-state index in [4.69, 9.17) is 4.74 Å². The van der Waals surface area contributed by atoms with Gasteiger partial charge in [-0.15, -0.1) is 16.8 Å². The Morgan fingerprint density at radius 2 is 2.00 bits per heavy atom. The quantitative estimate of drug-likeness (QED) is 0.315. The average molecular weight is 394 g/mol. The molecule has 0 fully saturated rings. The van der Waals surface area contributed by atoms with Gasteiger partial charge >= 0.3 is 0 Å². The molecule has 28 heavy (non-hydrogen) atoms. The number of aryl methyl sites for hydroxylation is 2. The van der Waals surface area contributed by atoms with Gasteiger partial charge in [-0.05, 0) is 31.5 Å². The number of thioether (sulfide) groups is 1. The second kappa shape index (κ2) is 8.89. The van der Waals surface area contributed by atoms with Gasteiger partial charge in [0.1, 0.15) is 5.75 Å². The van der Waals surface area contributed by atoms with Crippen LogP contribution < -0.4 is 4.74 Å². The number of ether oxygens (including phenoxy) is 1. The molecule has 3 rings (SSSR count). The number of ketones is 1. The molecule has 0 amide bonds. The van der Waals surface area contributed by atoms with Gasteiger partial charge < -0.3 is 4.74 Å². The Labute approximate surface area is 169 Å². The molecule has 0 aliphatic rings. The molecular formula is C22H23N3O2S. The number of Topliss-reactive ketones (excluding diaryl/α,β-unsaturated/α-hetero) is 1. The number of para-hydroxylation sites is 1. The van der Waals surface area contributed by atoms with Crippen molar-refractivity contribution in [1.29, 1.82) is 0 Å². The van der Waals surface area contributed by atoms with Crippen LogP contribution >= 0.6 is 11.8 Å². The molecule has 0 spiro atoms. The van der Waals surface area contributed by atoms with Crippen molar-refractivity contribution in [2.45, 2.75) is 25.5 Å². The van der Waals surface area contributed by atoms with E-state index in [9.17, 15) is 4.79 Å². The Kier molecular flexibility index (Phi) is 6.31. The summed E-state index contributed by atoms with van der Waals surface area (Å²) in [6, 6.07) is 13.6. The standard InChI is InChI=1S/C22H23N3O2S/c1-5-12-25-21(18-8-6-7-9-20(18)27-4)23-24-22(25)28-14-19(26)17-11-10-15(2)13-16(17)3/h5-11,13H,1,12,14H2,2-4H3. The third-order valence-corrected chi connectivity index (χ3v) is 5.36. The molecule has 0 N–H and O–H groups in total. The van der Waals surface area contributed by atoms with Crippen LogP contribution in [-0.2, 0) is 6.54 Å². The van der Waals surface area contributed by atoms with Crippen molar-refractivity contribution in [2.24, 2.45) is 0 Å². The number of hydrogen-bond donors (Lipinski definition) is 0. The fourth-order valence-corrected chi connectivity index (χ4v) is 3.88. The molecule has 0 aliphatic carbocycles. The molecule has 0 saturated heterocycles. The maximum absolute atomic E-state index is 12.7. The van der Waals surface area contributed by atoms with E-state index in [2.05, 4.69) is 16.8 Å². The fourth-order valence-electron chi connectivity index (χ4n) is 3.05. The first-order valence-corrected chi connectivity index (χ1v) is 9.94. The Morgan fingerprint density at radius 3 is 2.71 bits per heavy atom. The maximum atomic E-state index is 12.7. The van der Waals surface area contributed by atoms with E-state index in [1.165, 1.54) is 11.8 Å². The van der Waals surface area contributed by atoms with Gasteiger partial charge in [0.05, 0.1) is 18.4 Å². The molecule has 1 aromatic heterocycles. The molecule has 3 aromatic rings. The van der Waals surface area contributed by atoms with E-state index in [1.807, 2.05) is 60.9 Å². The van der Waals surface area contributed by atoms with Crippen molar-refractivity contribution in [3.05, 3.63) is 71.8 Å². The first-order chi connectivity index (χ1) is 13.5. The molecule has 0 saturated carbocycles. The summed E-state index contributed by atoms with van der Waals surface area (Å²) in [5, 5.41) is 9.34. The lowest BCUT2D eigenvalue weighted by Gasteiger charge is -2.10. The highest BCUT2D eigenvalue weighted by Gasteiger charge is 2.18. The molecule has 0 atom stereocenters. The minimum atomic E-state index is 0.0782. The number of nitrogens with zero attached hydrogens (tertiary/aromatic N) is 3. The van der Waals surface area contributed by atoms with Crippen LogP contribution in [0.1, 0.15) is 21.5 Å². The van der Waals surface area contributed by atoms with Crippen LogP contribution in [0.15, 0.2) is 60.3 Å². The highest BCUT2D eigenvalue weighted by molar-refractivity contribution is 7.99. The summed E-state index contributed by atoms with van der Waals surface area (Å²) >= 11 is 1.38. The normalized spacial score (nSPS) is 10.7. The first-order valence-electron chi connectivity index (χ1n) is 8.96. The summed E-state index contributed by atoms with van der Waals surface area (Å²) in [5.74, 6) is 1.79. The maximum Gasteiger partial charge on any atom is 0.192 e. The molecule has 5 nitrogen and oxygen atoms in total. The number of rotatable bonds is 8. The van der Waals surface area contributed by atoms with Crippen molar-refractivity contribution in [1.82, 2.24) is 14.8 Å². The molecule has 0 radical (unpaired) electrons. The van der Waals surface area contributed by atoms with Crippen molar-refractivity contribution >= 4 is 17.5 Å². The van der Waals surface area contributed by atoms with E-state index in [0.717, 1.165) is 28.0 Å². The van der Waals surface area contributed by atoms with Gasteiger partial charge in [0.2, 0.25) is 0 Å². The van der Waals surface area contributed by atoms with Crippen LogP contribution in [0.25, 0.3) is 11.4 Å². The molecule has 144 valence electrons. The van der Waals surface area contributed by atoms with Crippen molar-refractivity contribution in [3.63, 3.8) is 0 Å². The molecule has 0 bridgehead atoms. The summed E-state index contributed by atoms with van der Waals surface area (Å²) in [6.07, 6.45) is 1.79. The minimum absolute atomic E-state index is 0.0782. The van der Waals surface area contributed by atoms with E-state index in [1.54, 1.807) is 13.2 Å². The Hall–Kier alpha value is -2.86. The second-order valence-corrected chi connectivity index (χ2v) is 7.38. The van der Waals surface area contributed by atoms with Crippen LogP contribution in [0.5, 0.6) is 5.75 Å². The average Bonchev–Trinajstić information content (AvgIpc) is 3.09. The van der Waals surface area contributed by atoms with E-state index in [-0.39, 0.29) is 5.78 Å². The van der Waals surface area contributed by atoms with Crippen molar-refractivity contribution < 1.29 is 9.53 Å². The van der Waals surface area contributed by atoms with Crippen LogP contribution in [0.3, 0.4) is 0 Å². The van der Waals surface area contributed by atoms with E-state index < -0.39 is 0 Å². The molecule has 1 heterocycles. The van der Waals surface area contributed by atoms with Crippen LogP contribution in [0.2, 0.25) is 0 Å². The van der Waals surface area contributed by atoms with E-state index in [0.29, 0.717) is 23.3 Å². The largest absolute Gasteiger partial charge is 0.496 e. The van der Waals surface area contributed by atoms with Crippen molar-refractivity contribution in [2.75, 3.05) is 12.9 Å². The number of carbonyl (C=O) groups is 1. The molecule has 6 heteroatoms. The minimum Gasteiger partial charge on any atom is -0.496 e. The lowest BCUT2D eigenvalue weighted by molar-refractivity contribution is 0.102. The predicted octanol–water partition coefficient (Wildman–Crippen LogP) is 4.73. The topological polar surface area (TPSA) is 57.0 Å². The Bertz CT molecular complexity index is 1010. The fraction of sp³-hybridized carbons (Fsp3) is 0.227. The Morgan fingerprint density at radius 1 is 1.21 bits per heavy atom. The number of benzene rings is 2. The zero-order valence-electron chi connectivity index (χ0n) is 16.3. The van der Waals surface area contributed by atoms with Crippen LogP contribution in [0.4, 0.5) is 0 Å². The molecule has 0 unspecified atom stereocenters. The van der Waals surface area contributed by atoms with Crippen LogP contribution in [0, 0.1) is 13.8 Å². The van der Waals surface area contributed by atoms with Gasteiger partial charge in [-0.2, -0.15) is 0 Å². The molecule has 2 aromatic carbocycles. The third-order valence-electron chi connectivity index (χ3n) is 4.39. The second-order valence-electron chi connectivity index (χ2n) is 6.44. The number of methoxy groups -OCH3 is 1. The number of allylic oxidation sites excluding steroid dienone is 1. The summed E-state index contributed by atoms with van der Waals surface area (Å²) in [4.78, 5) is 12.7. The van der Waals surface area contributed by atoms with Crippen LogP contribution in [-0.4, -0.2) is 33.4 Å². The zero-order chi connectivity index (χ0) is 20.1. The van der Waals surface area contributed by atoms with Gasteiger partial charge in [-0.25, -0.2) is 0 Å². The van der Waals surface area contributed by atoms with Crippen molar-refractivity contribution in [3.8, 4) is 17.1 Å². The lowest BCUT2D eigenvalue weighted by atomic mass is 10.0. The summed E-state index contributed by atoms with van der Waals surface area (Å²) in [5.41, 5.74) is 3.74. The summed E-state index contributed by atoms with van der Waals surface area (Å²) in [6.45, 7) is 8.36. The monoisotopic (exact) mass is 393 g/mol. The number of hydrogen-bond acceptors (Lipinski definition) is 5. The highest BCUT2D eigenvalue weighted by Crippen LogP contribution is 2.31. The SMILES string of the molecule is C=CCn1c(SCC(=O)c2ccc(C)cc2C)nnc1-c1ccccc1OC. The van der Waals surface area contributed by atoms with Gasteiger partial charge in [-0.1, -0.05) is 53.7 Å². The third kappa shape index (κ3) is 4.17. The predicted molar refractivity (Wildman–Crippen MR) is 113 cm³/mol. The zero-order valence-corrected chi connectivity index (χ0v) is 17.1. The first kappa shape index (κ1) is 19.9. The molecule has 0 aliphatic heterocycles. The lowest BCUT2D eigenvalue weighted by Crippen LogP contribution is -2.07. The number of carbonyl (C=O) groups excluding carboxylic acids is 1. The number of aromatic nitrogens is 3. The van der Waals surface area contributed by atoms with Gasteiger partial charge in [-0.3, -0.25) is 9.36 Å². The molecular weight excluding hydrogens is 370 g/mol. The summed E-state index contributed by atoms with van der Waals surface area (Å²) < 4.78 is 7.40. The van der Waals surface area contributed by atoms with Gasteiger partial charge in [0.15, 0.2) is 16.8 Å². The van der Waals surface area contributed by atoms with E-state index >= 15 is 0 Å². The van der Waals surface area contributed by atoms with Gasteiger partial charge in [0, 0.05) is 12.1 Å². The Balaban J connectivity index is 1.85. The van der Waals surface area contributed by atoms with Gasteiger partial charge in [0.25, 0.3) is 0 Å².